The van der Waals surface area contributed by atoms with Crippen LogP contribution in [0.5, 0.6) is 0 Å². The van der Waals surface area contributed by atoms with E-state index in [9.17, 15) is 8.42 Å². The Labute approximate surface area is 158 Å². The summed E-state index contributed by atoms with van der Waals surface area (Å²) in [5, 5.41) is 3.00. The highest BCUT2D eigenvalue weighted by Crippen LogP contribution is 2.32. The molecule has 146 valence electrons. The molecule has 2 unspecified atom stereocenters. The molecular weight excluding hydrogens is 346 g/mol. The smallest absolute Gasteiger partial charge is 0.163 e. The summed E-state index contributed by atoms with van der Waals surface area (Å²) >= 11 is 0. The van der Waals surface area contributed by atoms with Gasteiger partial charge in [-0.1, -0.05) is 13.0 Å². The first-order valence-corrected chi connectivity index (χ1v) is 11.9. The average Bonchev–Trinajstić information content (AvgIpc) is 2.60. The van der Waals surface area contributed by atoms with Gasteiger partial charge >= 0.3 is 0 Å². The van der Waals surface area contributed by atoms with Crippen molar-refractivity contribution in [3.63, 3.8) is 0 Å². The van der Waals surface area contributed by atoms with Gasteiger partial charge in [-0.2, -0.15) is 0 Å². The Bertz CT molecular complexity index is 714. The molecule has 5 nitrogen and oxygen atoms in total. The number of hydrogen-bond donors (Lipinski definition) is 2. The molecule has 1 saturated heterocycles. The van der Waals surface area contributed by atoms with Crippen molar-refractivity contribution in [3.8, 4) is 0 Å². The number of rotatable bonds is 6. The van der Waals surface area contributed by atoms with Crippen LogP contribution >= 0.6 is 0 Å². The predicted octanol–water partition coefficient (Wildman–Crippen LogP) is 2.21. The van der Waals surface area contributed by atoms with E-state index in [4.69, 9.17) is 5.73 Å². The maximum absolute atomic E-state index is 12.8. The maximum Gasteiger partial charge on any atom is 0.163 e. The fourth-order valence-electron chi connectivity index (χ4n) is 4.81. The Morgan fingerprint density at radius 2 is 1.96 bits per heavy atom. The minimum Gasteiger partial charge on any atom is -0.399 e. The monoisotopic (exact) mass is 379 g/mol. The fourth-order valence-corrected chi connectivity index (χ4v) is 6.55. The molecule has 6 heteroatoms. The van der Waals surface area contributed by atoms with Crippen LogP contribution in [0.15, 0.2) is 18.2 Å². The van der Waals surface area contributed by atoms with E-state index in [0.717, 1.165) is 63.8 Å². The zero-order valence-corrected chi connectivity index (χ0v) is 16.9. The molecule has 26 heavy (non-hydrogen) atoms. The number of benzene rings is 1. The summed E-state index contributed by atoms with van der Waals surface area (Å²) < 4.78 is 25.6. The lowest BCUT2D eigenvalue weighted by Gasteiger charge is -2.43. The number of nitrogens with two attached hydrogens (primary N) is 1. The number of nitrogens with zero attached hydrogens (tertiary/aromatic N) is 1. The summed E-state index contributed by atoms with van der Waals surface area (Å²) in [4.78, 5) is 2.32. The second-order valence-electron chi connectivity index (χ2n) is 7.97. The van der Waals surface area contributed by atoms with E-state index in [1.54, 1.807) is 0 Å². The lowest BCUT2D eigenvalue weighted by atomic mass is 9.86. The molecule has 1 aromatic carbocycles. The van der Waals surface area contributed by atoms with E-state index >= 15 is 0 Å². The highest BCUT2D eigenvalue weighted by molar-refractivity contribution is 7.91. The first-order valence-electron chi connectivity index (χ1n) is 9.92. The Kier molecular flexibility index (Phi) is 6.25. The molecule has 1 heterocycles. The van der Waals surface area contributed by atoms with Crippen LogP contribution in [-0.4, -0.2) is 50.6 Å². The number of anilines is 1. The molecule has 1 aliphatic heterocycles. The van der Waals surface area contributed by atoms with Gasteiger partial charge in [-0.05, 0) is 87.3 Å². The molecule has 1 aliphatic carbocycles. The van der Waals surface area contributed by atoms with Crippen molar-refractivity contribution in [2.45, 2.75) is 56.9 Å². The minimum absolute atomic E-state index is 0.222. The Balaban J connectivity index is 1.88. The molecule has 1 aromatic rings. The summed E-state index contributed by atoms with van der Waals surface area (Å²) in [7, 11) is -3.15. The van der Waals surface area contributed by atoms with Gasteiger partial charge in [0.1, 0.15) is 5.37 Å². The SMILES string of the molecule is CCCN(C1CCc2ccc(N)cc2C1)C(C1CCNCC1)S(C)(=O)=O. The van der Waals surface area contributed by atoms with Gasteiger partial charge in [0.2, 0.25) is 0 Å². The van der Waals surface area contributed by atoms with Crippen molar-refractivity contribution in [2.75, 3.05) is 31.6 Å². The van der Waals surface area contributed by atoms with Gasteiger partial charge in [-0.25, -0.2) is 8.42 Å². The van der Waals surface area contributed by atoms with Gasteiger partial charge in [0, 0.05) is 18.0 Å². The summed E-state index contributed by atoms with van der Waals surface area (Å²) in [5.41, 5.74) is 9.44. The molecule has 1 fully saturated rings. The van der Waals surface area contributed by atoms with Crippen LogP contribution in [0.2, 0.25) is 0 Å². The van der Waals surface area contributed by atoms with Crippen LogP contribution in [0.1, 0.15) is 43.7 Å². The maximum atomic E-state index is 12.8. The molecular formula is C20H33N3O2S. The number of sulfone groups is 1. The molecule has 3 N–H and O–H groups in total. The molecule has 0 aromatic heterocycles. The van der Waals surface area contributed by atoms with Crippen LogP contribution in [0.4, 0.5) is 5.69 Å². The first kappa shape index (κ1) is 19.6. The molecule has 0 amide bonds. The third-order valence-corrected chi connectivity index (χ3v) is 7.47. The van der Waals surface area contributed by atoms with Crippen LogP contribution in [0, 0.1) is 5.92 Å². The molecule has 2 atom stereocenters. The number of nitrogens with one attached hydrogen (secondary N) is 1. The van der Waals surface area contributed by atoms with E-state index in [0.29, 0.717) is 0 Å². The minimum atomic E-state index is -3.15. The summed E-state index contributed by atoms with van der Waals surface area (Å²) in [5.74, 6) is 0.222. The second-order valence-corrected chi connectivity index (χ2v) is 10.1. The van der Waals surface area contributed by atoms with Crippen molar-refractivity contribution >= 4 is 15.5 Å². The van der Waals surface area contributed by atoms with Crippen molar-refractivity contribution in [1.29, 1.82) is 0 Å². The Morgan fingerprint density at radius 3 is 2.62 bits per heavy atom. The van der Waals surface area contributed by atoms with Crippen molar-refractivity contribution in [2.24, 2.45) is 5.92 Å². The topological polar surface area (TPSA) is 75.4 Å². The van der Waals surface area contributed by atoms with Gasteiger partial charge in [0.15, 0.2) is 9.84 Å². The van der Waals surface area contributed by atoms with Gasteiger partial charge in [-0.3, -0.25) is 4.90 Å². The molecule has 3 rings (SSSR count). The average molecular weight is 380 g/mol. The van der Waals surface area contributed by atoms with Crippen molar-refractivity contribution in [3.05, 3.63) is 29.3 Å². The van der Waals surface area contributed by atoms with Gasteiger partial charge < -0.3 is 11.1 Å². The summed E-state index contributed by atoms with van der Waals surface area (Å²) in [6.45, 7) is 4.81. The summed E-state index contributed by atoms with van der Waals surface area (Å²) in [6.07, 6.45) is 7.20. The Morgan fingerprint density at radius 1 is 1.23 bits per heavy atom. The number of fused-ring (bicyclic) bond motifs is 1. The van der Waals surface area contributed by atoms with Gasteiger partial charge in [0.25, 0.3) is 0 Å². The van der Waals surface area contributed by atoms with Crippen LogP contribution < -0.4 is 11.1 Å². The first-order chi connectivity index (χ1) is 12.4. The number of aryl methyl sites for hydroxylation is 1. The van der Waals surface area contributed by atoms with E-state index in [2.05, 4.69) is 29.3 Å². The predicted molar refractivity (Wildman–Crippen MR) is 108 cm³/mol. The normalized spacial score (nSPS) is 23.0. The Hall–Kier alpha value is -1.11. The van der Waals surface area contributed by atoms with Crippen LogP contribution in [-0.2, 0) is 22.7 Å². The number of hydrogen-bond acceptors (Lipinski definition) is 5. The zero-order valence-electron chi connectivity index (χ0n) is 16.1. The van der Waals surface area contributed by atoms with E-state index in [1.165, 1.54) is 17.4 Å². The quantitative estimate of drug-likeness (QED) is 0.741. The van der Waals surface area contributed by atoms with Gasteiger partial charge in [-0.15, -0.1) is 0 Å². The molecule has 0 spiro atoms. The third kappa shape index (κ3) is 4.41. The molecule has 2 aliphatic rings. The van der Waals surface area contributed by atoms with Crippen molar-refractivity contribution in [1.82, 2.24) is 10.2 Å². The molecule has 0 radical (unpaired) electrons. The van der Waals surface area contributed by atoms with E-state index in [1.807, 2.05) is 6.07 Å². The number of nitrogen functional groups attached to an aromatic ring is 1. The summed E-state index contributed by atoms with van der Waals surface area (Å²) in [6, 6.07) is 6.45. The zero-order chi connectivity index (χ0) is 18.7. The third-order valence-electron chi connectivity index (χ3n) is 5.94. The largest absolute Gasteiger partial charge is 0.399 e. The molecule has 0 saturated carbocycles. The second kappa shape index (κ2) is 8.28. The van der Waals surface area contributed by atoms with Crippen molar-refractivity contribution < 1.29 is 8.42 Å². The van der Waals surface area contributed by atoms with Crippen LogP contribution in [0.25, 0.3) is 0 Å². The highest BCUT2D eigenvalue weighted by Gasteiger charge is 2.39. The molecule has 0 bridgehead atoms. The lowest BCUT2D eigenvalue weighted by molar-refractivity contribution is 0.114. The standard InChI is InChI=1S/C20H33N3O2S/c1-3-12-23(20(26(2,24)25)16-8-10-22-11-9-16)19-7-5-15-4-6-18(21)13-17(15)14-19/h4,6,13,16,19-20,22H,3,5,7-12,14,21H2,1-2H3. The number of piperidine rings is 1. The van der Waals surface area contributed by atoms with E-state index in [-0.39, 0.29) is 17.3 Å². The van der Waals surface area contributed by atoms with E-state index < -0.39 is 9.84 Å². The lowest BCUT2D eigenvalue weighted by Crippen LogP contribution is -2.54. The highest BCUT2D eigenvalue weighted by atomic mass is 32.2. The van der Waals surface area contributed by atoms with Crippen LogP contribution in [0.3, 0.4) is 0 Å². The van der Waals surface area contributed by atoms with Gasteiger partial charge in [0.05, 0.1) is 0 Å². The fraction of sp³-hybridized carbons (Fsp3) is 0.700.